The van der Waals surface area contributed by atoms with E-state index in [2.05, 4.69) is 0 Å². The van der Waals surface area contributed by atoms with E-state index in [4.69, 9.17) is 10.5 Å². The first-order valence-electron chi connectivity index (χ1n) is 6.00. The van der Waals surface area contributed by atoms with Gasteiger partial charge in [0.25, 0.3) is 0 Å². The maximum absolute atomic E-state index is 13.8. The summed E-state index contributed by atoms with van der Waals surface area (Å²) in [4.78, 5) is 1.94. The lowest BCUT2D eigenvalue weighted by atomic mass is 10.1. The van der Waals surface area contributed by atoms with Gasteiger partial charge in [-0.05, 0) is 18.2 Å². The molecule has 0 fully saturated rings. The van der Waals surface area contributed by atoms with Crippen molar-refractivity contribution < 1.29 is 9.13 Å². The highest BCUT2D eigenvalue weighted by atomic mass is 19.1. The van der Waals surface area contributed by atoms with E-state index in [9.17, 15) is 4.39 Å². The van der Waals surface area contributed by atoms with E-state index in [0.717, 1.165) is 11.4 Å². The highest BCUT2D eigenvalue weighted by Gasteiger charge is 2.09. The van der Waals surface area contributed by atoms with Gasteiger partial charge in [0.05, 0.1) is 12.8 Å². The Balaban J connectivity index is 2.20. The molecule has 0 spiro atoms. The Morgan fingerprint density at radius 3 is 2.68 bits per heavy atom. The number of nitrogen functional groups attached to an aromatic ring is 1. The highest BCUT2D eigenvalue weighted by molar-refractivity contribution is 5.51. The van der Waals surface area contributed by atoms with Crippen molar-refractivity contribution in [2.75, 3.05) is 24.8 Å². The van der Waals surface area contributed by atoms with Gasteiger partial charge in [-0.15, -0.1) is 0 Å². The number of anilines is 2. The number of nitrogens with zero attached hydrogens (tertiary/aromatic N) is 1. The summed E-state index contributed by atoms with van der Waals surface area (Å²) >= 11 is 0. The van der Waals surface area contributed by atoms with Crippen molar-refractivity contribution in [2.24, 2.45) is 0 Å². The Bertz CT molecular complexity index is 572. The van der Waals surface area contributed by atoms with Crippen LogP contribution in [0.15, 0.2) is 42.5 Å². The fraction of sp³-hybridized carbons (Fsp3) is 0.200. The van der Waals surface area contributed by atoms with Gasteiger partial charge in [-0.2, -0.15) is 0 Å². The van der Waals surface area contributed by atoms with E-state index in [-0.39, 0.29) is 11.5 Å². The van der Waals surface area contributed by atoms with Crippen molar-refractivity contribution in [1.82, 2.24) is 0 Å². The van der Waals surface area contributed by atoms with Crippen LogP contribution in [0.3, 0.4) is 0 Å². The zero-order valence-corrected chi connectivity index (χ0v) is 11.1. The zero-order chi connectivity index (χ0) is 13.8. The summed E-state index contributed by atoms with van der Waals surface area (Å²) in [6.07, 6.45) is 0. The van der Waals surface area contributed by atoms with Crippen LogP contribution in [0.2, 0.25) is 0 Å². The predicted molar refractivity (Wildman–Crippen MR) is 75.9 cm³/mol. The molecular formula is C15H17FN2O. The van der Waals surface area contributed by atoms with Crippen molar-refractivity contribution in [2.45, 2.75) is 6.54 Å². The molecule has 0 atom stereocenters. The summed E-state index contributed by atoms with van der Waals surface area (Å²) in [5, 5.41) is 0. The van der Waals surface area contributed by atoms with Gasteiger partial charge < -0.3 is 15.4 Å². The van der Waals surface area contributed by atoms with Crippen LogP contribution in [0.25, 0.3) is 0 Å². The van der Waals surface area contributed by atoms with E-state index < -0.39 is 0 Å². The van der Waals surface area contributed by atoms with Crippen molar-refractivity contribution in [3.05, 3.63) is 53.8 Å². The lowest BCUT2D eigenvalue weighted by molar-refractivity contribution is 0.415. The van der Waals surface area contributed by atoms with E-state index in [1.54, 1.807) is 25.3 Å². The zero-order valence-electron chi connectivity index (χ0n) is 11.1. The molecule has 0 aliphatic carbocycles. The summed E-state index contributed by atoms with van der Waals surface area (Å²) in [6, 6.07) is 12.7. The second-order valence-corrected chi connectivity index (χ2v) is 4.38. The Morgan fingerprint density at radius 2 is 1.95 bits per heavy atom. The van der Waals surface area contributed by atoms with Gasteiger partial charge in [-0.3, -0.25) is 0 Å². The lowest BCUT2D eigenvalue weighted by Crippen LogP contribution is -2.17. The van der Waals surface area contributed by atoms with E-state index in [0.29, 0.717) is 12.1 Å². The minimum Gasteiger partial charge on any atom is -0.497 e. The van der Waals surface area contributed by atoms with Crippen molar-refractivity contribution >= 4 is 11.4 Å². The number of nitrogens with two attached hydrogens (primary N) is 1. The first-order valence-corrected chi connectivity index (χ1v) is 6.00. The molecule has 3 nitrogen and oxygen atoms in total. The first kappa shape index (κ1) is 13.2. The average molecular weight is 260 g/mol. The number of benzene rings is 2. The maximum atomic E-state index is 13.8. The fourth-order valence-electron chi connectivity index (χ4n) is 1.92. The van der Waals surface area contributed by atoms with Crippen LogP contribution in [-0.4, -0.2) is 14.2 Å². The molecule has 0 heterocycles. The number of hydrogen-bond acceptors (Lipinski definition) is 3. The van der Waals surface area contributed by atoms with Gasteiger partial charge in [-0.1, -0.05) is 18.2 Å². The minimum atomic E-state index is -0.350. The van der Waals surface area contributed by atoms with Gasteiger partial charge >= 0.3 is 0 Å². The molecule has 2 N–H and O–H groups in total. The van der Waals surface area contributed by atoms with E-state index in [1.165, 1.54) is 0 Å². The third kappa shape index (κ3) is 2.96. The molecule has 0 bridgehead atoms. The van der Waals surface area contributed by atoms with Crippen LogP contribution >= 0.6 is 0 Å². The third-order valence-electron chi connectivity index (χ3n) is 3.01. The van der Waals surface area contributed by atoms with Gasteiger partial charge in [0, 0.05) is 30.9 Å². The second-order valence-electron chi connectivity index (χ2n) is 4.38. The van der Waals surface area contributed by atoms with Crippen LogP contribution in [0.5, 0.6) is 5.75 Å². The van der Waals surface area contributed by atoms with Crippen LogP contribution in [0.4, 0.5) is 15.8 Å². The number of methoxy groups -OCH3 is 1. The molecule has 2 aromatic carbocycles. The van der Waals surface area contributed by atoms with E-state index in [1.807, 2.05) is 36.2 Å². The molecule has 0 saturated carbocycles. The van der Waals surface area contributed by atoms with Gasteiger partial charge in [-0.25, -0.2) is 4.39 Å². The maximum Gasteiger partial charge on any atom is 0.151 e. The fourth-order valence-corrected chi connectivity index (χ4v) is 1.92. The monoisotopic (exact) mass is 260 g/mol. The molecule has 0 amide bonds. The third-order valence-corrected chi connectivity index (χ3v) is 3.01. The number of rotatable bonds is 4. The van der Waals surface area contributed by atoms with Crippen molar-refractivity contribution in [1.29, 1.82) is 0 Å². The van der Waals surface area contributed by atoms with Gasteiger partial charge in [0.1, 0.15) is 5.75 Å². The summed E-state index contributed by atoms with van der Waals surface area (Å²) < 4.78 is 19.0. The normalized spacial score (nSPS) is 10.3. The summed E-state index contributed by atoms with van der Waals surface area (Å²) in [5.74, 6) is 0.426. The largest absolute Gasteiger partial charge is 0.497 e. The number of ether oxygens (including phenoxy) is 1. The predicted octanol–water partition coefficient (Wildman–Crippen LogP) is 3.05. The molecule has 0 aromatic heterocycles. The molecule has 100 valence electrons. The van der Waals surface area contributed by atoms with Gasteiger partial charge in [0.15, 0.2) is 5.82 Å². The van der Waals surface area contributed by atoms with E-state index >= 15 is 0 Å². The van der Waals surface area contributed by atoms with Crippen LogP contribution < -0.4 is 15.4 Å². The summed E-state index contributed by atoms with van der Waals surface area (Å²) in [6.45, 7) is 0.448. The Hall–Kier alpha value is -2.23. The Morgan fingerprint density at radius 1 is 1.21 bits per heavy atom. The molecule has 0 aliphatic heterocycles. The molecule has 0 saturated heterocycles. The van der Waals surface area contributed by atoms with Crippen molar-refractivity contribution in [3.63, 3.8) is 0 Å². The topological polar surface area (TPSA) is 38.5 Å². The smallest absolute Gasteiger partial charge is 0.151 e. The molecule has 0 radical (unpaired) electrons. The SMILES string of the molecule is COc1cccc(N(C)Cc2cccc(N)c2F)c1. The van der Waals surface area contributed by atoms with Crippen molar-refractivity contribution in [3.8, 4) is 5.75 Å². The Labute approximate surface area is 112 Å². The standard InChI is InChI=1S/C15H17FN2O/c1-18(12-6-4-7-13(9-12)19-2)10-11-5-3-8-14(17)15(11)16/h3-9H,10,17H2,1-2H3. The number of hydrogen-bond donors (Lipinski definition) is 1. The van der Waals surface area contributed by atoms with Crippen LogP contribution in [0.1, 0.15) is 5.56 Å². The molecule has 4 heteroatoms. The Kier molecular flexibility index (Phi) is 3.90. The molecule has 19 heavy (non-hydrogen) atoms. The molecule has 0 unspecified atom stereocenters. The second kappa shape index (κ2) is 5.61. The van der Waals surface area contributed by atoms with Gasteiger partial charge in [0.2, 0.25) is 0 Å². The quantitative estimate of drug-likeness (QED) is 0.859. The average Bonchev–Trinajstić information content (AvgIpc) is 2.44. The van der Waals surface area contributed by atoms with Crippen LogP contribution in [0, 0.1) is 5.82 Å². The van der Waals surface area contributed by atoms with Crippen LogP contribution in [-0.2, 0) is 6.54 Å². The molecular weight excluding hydrogens is 243 g/mol. The summed E-state index contributed by atoms with van der Waals surface area (Å²) in [5.41, 5.74) is 7.28. The summed E-state index contributed by atoms with van der Waals surface area (Å²) in [7, 11) is 3.52. The lowest BCUT2D eigenvalue weighted by Gasteiger charge is -2.20. The molecule has 0 aliphatic rings. The highest BCUT2D eigenvalue weighted by Crippen LogP contribution is 2.23. The molecule has 2 aromatic rings. The first-order chi connectivity index (χ1) is 9.11. The number of halogens is 1. The minimum absolute atomic E-state index is 0.177. The molecule has 2 rings (SSSR count).